The minimum atomic E-state index is -5.62. The SMILES string of the molecule is COC(CC(F)(F)C(F)(F)F)c1ccccc1OC(C)(C)C. The molecule has 2 nitrogen and oxygen atoms in total. The van der Waals surface area contributed by atoms with E-state index in [2.05, 4.69) is 0 Å². The van der Waals surface area contributed by atoms with Gasteiger partial charge in [-0.3, -0.25) is 0 Å². The van der Waals surface area contributed by atoms with Gasteiger partial charge in [0.1, 0.15) is 11.4 Å². The smallest absolute Gasteiger partial charge is 0.453 e. The monoisotopic (exact) mass is 326 g/mol. The predicted octanol–water partition coefficient (Wildman–Crippen LogP) is 5.14. The van der Waals surface area contributed by atoms with Crippen molar-refractivity contribution < 1.29 is 31.4 Å². The summed E-state index contributed by atoms with van der Waals surface area (Å²) in [5.74, 6) is -4.62. The Morgan fingerprint density at radius 1 is 1.00 bits per heavy atom. The lowest BCUT2D eigenvalue weighted by molar-refractivity contribution is -0.291. The summed E-state index contributed by atoms with van der Waals surface area (Å²) < 4.78 is 74.2. The molecule has 1 aromatic rings. The summed E-state index contributed by atoms with van der Waals surface area (Å²) in [6.45, 7) is 5.24. The van der Waals surface area contributed by atoms with Gasteiger partial charge in [-0.2, -0.15) is 22.0 Å². The summed E-state index contributed by atoms with van der Waals surface area (Å²) in [5, 5.41) is 0. The molecule has 0 amide bonds. The molecule has 0 aliphatic heterocycles. The Morgan fingerprint density at radius 2 is 1.55 bits per heavy atom. The number of methoxy groups -OCH3 is 1. The molecule has 0 radical (unpaired) electrons. The minimum Gasteiger partial charge on any atom is -0.488 e. The molecule has 0 saturated carbocycles. The van der Waals surface area contributed by atoms with Crippen molar-refractivity contribution in [2.45, 2.75) is 51.0 Å². The van der Waals surface area contributed by atoms with E-state index in [4.69, 9.17) is 9.47 Å². The number of benzene rings is 1. The molecule has 0 aliphatic rings. The zero-order valence-corrected chi connectivity index (χ0v) is 12.8. The summed E-state index contributed by atoms with van der Waals surface area (Å²) in [5.41, 5.74) is -0.468. The third-order valence-electron chi connectivity index (χ3n) is 2.82. The number of para-hydroxylation sites is 1. The van der Waals surface area contributed by atoms with Gasteiger partial charge >= 0.3 is 12.1 Å². The van der Waals surface area contributed by atoms with E-state index in [9.17, 15) is 22.0 Å². The van der Waals surface area contributed by atoms with Gasteiger partial charge in [0, 0.05) is 12.7 Å². The average Bonchev–Trinajstić information content (AvgIpc) is 2.33. The van der Waals surface area contributed by atoms with Crippen molar-refractivity contribution in [1.82, 2.24) is 0 Å². The first-order valence-electron chi connectivity index (χ1n) is 6.62. The summed E-state index contributed by atoms with van der Waals surface area (Å²) in [7, 11) is 1.09. The highest BCUT2D eigenvalue weighted by molar-refractivity contribution is 5.36. The topological polar surface area (TPSA) is 18.5 Å². The quantitative estimate of drug-likeness (QED) is 0.698. The van der Waals surface area contributed by atoms with Crippen LogP contribution in [0.4, 0.5) is 22.0 Å². The van der Waals surface area contributed by atoms with Crippen molar-refractivity contribution in [1.29, 1.82) is 0 Å². The predicted molar refractivity (Wildman–Crippen MR) is 72.2 cm³/mol. The molecule has 0 heterocycles. The van der Waals surface area contributed by atoms with Crippen LogP contribution in [0.3, 0.4) is 0 Å². The van der Waals surface area contributed by atoms with Crippen LogP contribution in [0.25, 0.3) is 0 Å². The first kappa shape index (κ1) is 18.7. The molecule has 0 bridgehead atoms. The van der Waals surface area contributed by atoms with Gasteiger partial charge in [0.2, 0.25) is 0 Å². The van der Waals surface area contributed by atoms with Gasteiger partial charge in [0.05, 0.1) is 12.5 Å². The number of halogens is 5. The Hall–Kier alpha value is -1.37. The van der Waals surface area contributed by atoms with Crippen LogP contribution in [0, 0.1) is 0 Å². The molecule has 0 N–H and O–H groups in total. The van der Waals surface area contributed by atoms with Gasteiger partial charge in [-0.1, -0.05) is 18.2 Å². The fourth-order valence-corrected chi connectivity index (χ4v) is 1.84. The second-order valence-electron chi connectivity index (χ2n) is 5.88. The Labute approximate surface area is 126 Å². The summed E-state index contributed by atoms with van der Waals surface area (Å²) >= 11 is 0. The second-order valence-corrected chi connectivity index (χ2v) is 5.88. The molecule has 22 heavy (non-hydrogen) atoms. The van der Waals surface area contributed by atoms with Gasteiger partial charge in [-0.15, -0.1) is 0 Å². The van der Waals surface area contributed by atoms with Crippen molar-refractivity contribution >= 4 is 0 Å². The lowest BCUT2D eigenvalue weighted by Gasteiger charge is -2.28. The van der Waals surface area contributed by atoms with Crippen LogP contribution in [0.1, 0.15) is 38.9 Å². The molecule has 1 atom stereocenters. The van der Waals surface area contributed by atoms with Crippen LogP contribution in [0.15, 0.2) is 24.3 Å². The molecule has 126 valence electrons. The van der Waals surface area contributed by atoms with Crippen LogP contribution in [0.2, 0.25) is 0 Å². The van der Waals surface area contributed by atoms with E-state index in [0.717, 1.165) is 7.11 Å². The number of hydrogen-bond acceptors (Lipinski definition) is 2. The third kappa shape index (κ3) is 4.83. The Bertz CT molecular complexity index is 491. The highest BCUT2D eigenvalue weighted by atomic mass is 19.4. The van der Waals surface area contributed by atoms with Crippen LogP contribution in [-0.2, 0) is 4.74 Å². The molecule has 0 spiro atoms. The zero-order valence-electron chi connectivity index (χ0n) is 12.8. The van der Waals surface area contributed by atoms with E-state index in [-0.39, 0.29) is 11.3 Å². The maximum absolute atomic E-state index is 13.3. The molecule has 7 heteroatoms. The Balaban J connectivity index is 3.11. The van der Waals surface area contributed by atoms with Crippen LogP contribution in [-0.4, -0.2) is 24.8 Å². The van der Waals surface area contributed by atoms with E-state index in [1.54, 1.807) is 26.8 Å². The van der Waals surface area contributed by atoms with Crippen LogP contribution >= 0.6 is 0 Å². The fraction of sp³-hybridized carbons (Fsp3) is 0.600. The lowest BCUT2D eigenvalue weighted by atomic mass is 10.0. The van der Waals surface area contributed by atoms with Crippen LogP contribution in [0.5, 0.6) is 5.75 Å². The molecular formula is C15H19F5O2. The number of alkyl halides is 5. The van der Waals surface area contributed by atoms with Crippen molar-refractivity contribution in [3.8, 4) is 5.75 Å². The average molecular weight is 326 g/mol. The standard InChI is InChI=1S/C15H19F5O2/c1-13(2,3)22-11-8-6-5-7-10(11)12(21-4)9-14(16,17)15(18,19)20/h5-8,12H,9H2,1-4H3. The molecular weight excluding hydrogens is 307 g/mol. The molecule has 0 fully saturated rings. The number of ether oxygens (including phenoxy) is 2. The van der Waals surface area contributed by atoms with Crippen LogP contribution < -0.4 is 4.74 Å². The lowest BCUT2D eigenvalue weighted by Crippen LogP contribution is -2.38. The summed E-state index contributed by atoms with van der Waals surface area (Å²) in [4.78, 5) is 0. The summed E-state index contributed by atoms with van der Waals surface area (Å²) in [6, 6.07) is 6.07. The van der Waals surface area contributed by atoms with Gasteiger partial charge in [-0.05, 0) is 26.8 Å². The Kier molecular flexibility index (Phi) is 5.43. The molecule has 0 aliphatic carbocycles. The first-order valence-corrected chi connectivity index (χ1v) is 6.62. The number of hydrogen-bond donors (Lipinski definition) is 0. The van der Waals surface area contributed by atoms with E-state index in [0.29, 0.717) is 0 Å². The molecule has 1 aromatic carbocycles. The van der Waals surface area contributed by atoms with Crippen molar-refractivity contribution in [3.63, 3.8) is 0 Å². The van der Waals surface area contributed by atoms with Gasteiger partial charge < -0.3 is 9.47 Å². The second kappa shape index (κ2) is 6.40. The summed E-state index contributed by atoms with van der Waals surface area (Å²) in [6.07, 6.45) is -8.56. The highest BCUT2D eigenvalue weighted by Crippen LogP contribution is 2.44. The third-order valence-corrected chi connectivity index (χ3v) is 2.82. The first-order chi connectivity index (χ1) is 9.87. The van der Waals surface area contributed by atoms with Crippen molar-refractivity contribution in [2.75, 3.05) is 7.11 Å². The molecule has 1 rings (SSSR count). The number of rotatable bonds is 5. The van der Waals surface area contributed by atoms with Crippen molar-refractivity contribution in [2.24, 2.45) is 0 Å². The molecule has 0 aromatic heterocycles. The molecule has 0 saturated heterocycles. The van der Waals surface area contributed by atoms with E-state index in [1.165, 1.54) is 18.2 Å². The van der Waals surface area contributed by atoms with Gasteiger partial charge in [-0.25, -0.2) is 0 Å². The largest absolute Gasteiger partial charge is 0.488 e. The maximum Gasteiger partial charge on any atom is 0.453 e. The van der Waals surface area contributed by atoms with E-state index in [1.807, 2.05) is 0 Å². The zero-order chi connectivity index (χ0) is 17.2. The van der Waals surface area contributed by atoms with E-state index < -0.39 is 30.2 Å². The van der Waals surface area contributed by atoms with Gasteiger partial charge in [0.25, 0.3) is 0 Å². The normalized spacial score (nSPS) is 14.8. The van der Waals surface area contributed by atoms with Gasteiger partial charge in [0.15, 0.2) is 0 Å². The molecule has 1 unspecified atom stereocenters. The minimum absolute atomic E-state index is 0.156. The fourth-order valence-electron chi connectivity index (χ4n) is 1.84. The van der Waals surface area contributed by atoms with E-state index >= 15 is 0 Å². The maximum atomic E-state index is 13.3. The Morgan fingerprint density at radius 3 is 2.00 bits per heavy atom. The van der Waals surface area contributed by atoms with Crippen molar-refractivity contribution in [3.05, 3.63) is 29.8 Å². The highest BCUT2D eigenvalue weighted by Gasteiger charge is 2.58.